The Morgan fingerprint density at radius 2 is 2.36 bits per heavy atom. The summed E-state index contributed by atoms with van der Waals surface area (Å²) in [6.07, 6.45) is 3.68. The first-order valence-corrected chi connectivity index (χ1v) is 6.01. The van der Waals surface area contributed by atoms with Crippen molar-refractivity contribution in [3.63, 3.8) is 0 Å². The second-order valence-corrected chi connectivity index (χ2v) is 4.81. The molecule has 1 atom stereocenters. The number of rotatable bonds is 4. The second kappa shape index (κ2) is 3.77. The fourth-order valence-electron chi connectivity index (χ4n) is 1.51. The van der Waals surface area contributed by atoms with Gasteiger partial charge in [0.1, 0.15) is 10.8 Å². The van der Waals surface area contributed by atoms with E-state index in [0.29, 0.717) is 12.0 Å². The van der Waals surface area contributed by atoms with E-state index in [0.717, 1.165) is 12.2 Å². The minimum absolute atomic E-state index is 0.507. The van der Waals surface area contributed by atoms with Crippen molar-refractivity contribution in [2.24, 2.45) is 0 Å². The molecular weight excluding hydrogens is 194 g/mol. The molecule has 3 nitrogen and oxygen atoms in total. The SMILES string of the molecule is CCC(C)Nc1snc(N)c1C1CC1. The molecule has 3 N–H and O–H groups in total. The number of hydrogen-bond acceptors (Lipinski definition) is 4. The van der Waals surface area contributed by atoms with Gasteiger partial charge in [0.25, 0.3) is 0 Å². The highest BCUT2D eigenvalue weighted by atomic mass is 32.1. The van der Waals surface area contributed by atoms with Crippen LogP contribution in [-0.4, -0.2) is 10.4 Å². The van der Waals surface area contributed by atoms with Gasteiger partial charge in [-0.25, -0.2) is 0 Å². The van der Waals surface area contributed by atoms with E-state index in [-0.39, 0.29) is 0 Å². The van der Waals surface area contributed by atoms with Crippen LogP contribution in [0.1, 0.15) is 44.6 Å². The zero-order valence-corrected chi connectivity index (χ0v) is 9.53. The highest BCUT2D eigenvalue weighted by Crippen LogP contribution is 2.47. The summed E-state index contributed by atoms with van der Waals surface area (Å²) in [5, 5.41) is 4.67. The molecule has 14 heavy (non-hydrogen) atoms. The van der Waals surface area contributed by atoms with E-state index in [1.165, 1.54) is 34.9 Å². The van der Waals surface area contributed by atoms with Crippen LogP contribution in [0.3, 0.4) is 0 Å². The maximum Gasteiger partial charge on any atom is 0.142 e. The third-order valence-electron chi connectivity index (χ3n) is 2.73. The molecule has 0 amide bonds. The number of aromatic nitrogens is 1. The van der Waals surface area contributed by atoms with Gasteiger partial charge in [-0.2, -0.15) is 4.37 Å². The van der Waals surface area contributed by atoms with E-state index in [2.05, 4.69) is 23.5 Å². The molecule has 1 aliphatic carbocycles. The van der Waals surface area contributed by atoms with Crippen LogP contribution >= 0.6 is 11.5 Å². The number of nitrogens with zero attached hydrogens (tertiary/aromatic N) is 1. The molecule has 1 aromatic rings. The van der Waals surface area contributed by atoms with Crippen molar-refractivity contribution >= 4 is 22.4 Å². The lowest BCUT2D eigenvalue weighted by atomic mass is 10.2. The van der Waals surface area contributed by atoms with Crippen molar-refractivity contribution < 1.29 is 0 Å². The number of nitrogens with one attached hydrogen (secondary N) is 1. The number of hydrogen-bond donors (Lipinski definition) is 2. The first-order chi connectivity index (χ1) is 6.72. The smallest absolute Gasteiger partial charge is 0.142 e. The monoisotopic (exact) mass is 211 g/mol. The molecule has 4 heteroatoms. The Kier molecular flexibility index (Phi) is 2.63. The van der Waals surface area contributed by atoms with Crippen molar-refractivity contribution in [3.05, 3.63) is 5.56 Å². The number of nitrogens with two attached hydrogens (primary N) is 1. The summed E-state index contributed by atoms with van der Waals surface area (Å²) in [5.41, 5.74) is 7.13. The second-order valence-electron chi connectivity index (χ2n) is 4.04. The Morgan fingerprint density at radius 3 is 2.93 bits per heavy atom. The lowest BCUT2D eigenvalue weighted by Crippen LogP contribution is -2.13. The third-order valence-corrected chi connectivity index (χ3v) is 3.54. The molecule has 1 fully saturated rings. The molecule has 0 aromatic carbocycles. The van der Waals surface area contributed by atoms with Gasteiger partial charge in [0.05, 0.1) is 0 Å². The highest BCUT2D eigenvalue weighted by molar-refractivity contribution is 7.10. The van der Waals surface area contributed by atoms with Gasteiger partial charge >= 0.3 is 0 Å². The Bertz CT molecular complexity index is 317. The quantitative estimate of drug-likeness (QED) is 0.805. The normalized spacial score (nSPS) is 18.1. The molecule has 1 saturated carbocycles. The van der Waals surface area contributed by atoms with Crippen LogP contribution in [0, 0.1) is 0 Å². The van der Waals surface area contributed by atoms with Gasteiger partial charge < -0.3 is 11.1 Å². The van der Waals surface area contributed by atoms with Gasteiger partial charge in [-0.15, -0.1) is 0 Å². The van der Waals surface area contributed by atoms with Gasteiger partial charge in [0.2, 0.25) is 0 Å². The Morgan fingerprint density at radius 1 is 1.64 bits per heavy atom. The first-order valence-electron chi connectivity index (χ1n) is 5.24. The summed E-state index contributed by atoms with van der Waals surface area (Å²) >= 11 is 1.50. The zero-order valence-electron chi connectivity index (χ0n) is 8.71. The molecule has 0 radical (unpaired) electrons. The molecule has 0 saturated heterocycles. The van der Waals surface area contributed by atoms with Crippen molar-refractivity contribution in [2.75, 3.05) is 11.1 Å². The highest BCUT2D eigenvalue weighted by Gasteiger charge is 2.30. The number of nitrogen functional groups attached to an aromatic ring is 1. The van der Waals surface area contributed by atoms with E-state index in [1.54, 1.807) is 0 Å². The average molecular weight is 211 g/mol. The molecule has 78 valence electrons. The van der Waals surface area contributed by atoms with Gasteiger partial charge in [0, 0.05) is 11.6 Å². The lowest BCUT2D eigenvalue weighted by molar-refractivity contribution is 0.765. The van der Waals surface area contributed by atoms with E-state index in [9.17, 15) is 0 Å². The van der Waals surface area contributed by atoms with Gasteiger partial charge in [-0.3, -0.25) is 0 Å². The fourth-order valence-corrected chi connectivity index (χ4v) is 2.42. The van der Waals surface area contributed by atoms with Crippen LogP contribution in [-0.2, 0) is 0 Å². The summed E-state index contributed by atoms with van der Waals surface area (Å²) in [7, 11) is 0. The standard InChI is InChI=1S/C10H17N3S/c1-3-6(2)12-10-8(7-4-5-7)9(11)13-14-10/h6-7,12H,3-5H2,1-2H3,(H2,11,13). The molecule has 0 spiro atoms. The predicted octanol–water partition coefficient (Wildman–Crippen LogP) is 2.81. The molecule has 1 aliphatic rings. The molecule has 1 unspecified atom stereocenters. The van der Waals surface area contributed by atoms with Gasteiger partial charge in [-0.1, -0.05) is 6.92 Å². The van der Waals surface area contributed by atoms with Crippen molar-refractivity contribution in [3.8, 4) is 0 Å². The predicted molar refractivity (Wildman–Crippen MR) is 61.9 cm³/mol. The molecule has 2 rings (SSSR count). The maximum absolute atomic E-state index is 5.86. The summed E-state index contributed by atoms with van der Waals surface area (Å²) in [6.45, 7) is 4.37. The molecule has 1 heterocycles. The van der Waals surface area contributed by atoms with Gasteiger partial charge in [0.15, 0.2) is 0 Å². The van der Waals surface area contributed by atoms with Crippen molar-refractivity contribution in [2.45, 2.75) is 45.1 Å². The van der Waals surface area contributed by atoms with Crippen LogP contribution in [0.25, 0.3) is 0 Å². The van der Waals surface area contributed by atoms with Crippen LogP contribution in [0.4, 0.5) is 10.8 Å². The summed E-state index contributed by atoms with van der Waals surface area (Å²) in [5.74, 6) is 1.42. The van der Waals surface area contributed by atoms with E-state index < -0.39 is 0 Å². The Balaban J connectivity index is 2.15. The van der Waals surface area contributed by atoms with Crippen LogP contribution in [0.2, 0.25) is 0 Å². The van der Waals surface area contributed by atoms with E-state index in [4.69, 9.17) is 5.73 Å². The molecule has 1 aromatic heterocycles. The average Bonchev–Trinajstić information content (AvgIpc) is 2.93. The third kappa shape index (κ3) is 1.85. The summed E-state index contributed by atoms with van der Waals surface area (Å²) < 4.78 is 4.22. The van der Waals surface area contributed by atoms with Crippen LogP contribution in [0.15, 0.2) is 0 Å². The summed E-state index contributed by atoms with van der Waals surface area (Å²) in [4.78, 5) is 0. The lowest BCUT2D eigenvalue weighted by Gasteiger charge is -2.12. The topological polar surface area (TPSA) is 50.9 Å². The molecule has 0 bridgehead atoms. The fraction of sp³-hybridized carbons (Fsp3) is 0.700. The minimum Gasteiger partial charge on any atom is -0.383 e. The van der Waals surface area contributed by atoms with Crippen LogP contribution < -0.4 is 11.1 Å². The zero-order chi connectivity index (χ0) is 10.1. The van der Waals surface area contributed by atoms with Crippen molar-refractivity contribution in [1.29, 1.82) is 0 Å². The first kappa shape index (κ1) is 9.77. The van der Waals surface area contributed by atoms with Gasteiger partial charge in [-0.05, 0) is 43.6 Å². The van der Waals surface area contributed by atoms with Crippen LogP contribution in [0.5, 0.6) is 0 Å². The molecule has 0 aliphatic heterocycles. The Hall–Kier alpha value is -0.770. The summed E-state index contributed by atoms with van der Waals surface area (Å²) in [6, 6.07) is 0.507. The largest absolute Gasteiger partial charge is 0.383 e. The maximum atomic E-state index is 5.86. The Labute approximate surface area is 88.9 Å². The molecular formula is C10H17N3S. The van der Waals surface area contributed by atoms with E-state index in [1.807, 2.05) is 0 Å². The minimum atomic E-state index is 0.507. The van der Waals surface area contributed by atoms with E-state index >= 15 is 0 Å². The van der Waals surface area contributed by atoms with Crippen molar-refractivity contribution in [1.82, 2.24) is 4.37 Å². The number of anilines is 2.